The molecule has 0 unspecified atom stereocenters. The minimum Gasteiger partial charge on any atom is -0.478 e. The van der Waals surface area contributed by atoms with Gasteiger partial charge in [0, 0.05) is 55.5 Å². The number of carboxylic acid groups (broad SMARTS) is 2. The number of aryl methyl sites for hydroxylation is 1. The number of para-hydroxylation sites is 1. The Labute approximate surface area is 220 Å². The normalized spacial score (nSPS) is 15.0. The molecule has 0 radical (unpaired) electrons. The third-order valence-electron chi connectivity index (χ3n) is 6.08. The highest BCUT2D eigenvalue weighted by molar-refractivity contribution is 7.09. The molecule has 1 aromatic heterocycles. The molecule has 9 heteroatoms. The Morgan fingerprint density at radius 3 is 1.97 bits per heavy atom. The zero-order valence-corrected chi connectivity index (χ0v) is 21.7. The SMILES string of the molecule is CC(=O)N(c1ccccc1)C1(c2nc(C)cs2)CCN(Cc2ccccc2)CC1.O=C(O)/C=C/C(=O)O. The summed E-state index contributed by atoms with van der Waals surface area (Å²) in [5.41, 5.74) is 2.91. The third kappa shape index (κ3) is 7.58. The van der Waals surface area contributed by atoms with Gasteiger partial charge in [0.2, 0.25) is 5.91 Å². The maximum absolute atomic E-state index is 12.9. The number of carboxylic acids is 2. The summed E-state index contributed by atoms with van der Waals surface area (Å²) in [5, 5.41) is 18.8. The second-order valence-electron chi connectivity index (χ2n) is 8.79. The molecule has 0 bridgehead atoms. The van der Waals surface area contributed by atoms with Gasteiger partial charge in [0.15, 0.2) is 0 Å². The maximum atomic E-state index is 12.9. The molecule has 0 aliphatic carbocycles. The van der Waals surface area contributed by atoms with Crippen molar-refractivity contribution in [2.75, 3.05) is 18.0 Å². The van der Waals surface area contributed by atoms with E-state index in [9.17, 15) is 14.4 Å². The number of anilines is 1. The van der Waals surface area contributed by atoms with Crippen molar-refractivity contribution in [3.63, 3.8) is 0 Å². The standard InChI is InChI=1S/C24H27N3OS.C4H4O4/c1-19-18-29-23(25-19)24(27(20(2)28)22-11-7-4-8-12-22)13-15-26(16-14-24)17-21-9-5-3-6-10-21;5-3(6)1-2-4(7)8/h3-12,18H,13-17H2,1-2H3;1-2H,(H,5,6)(H,7,8)/b;2-1+. The number of thiazole rings is 1. The molecule has 1 amide bonds. The first kappa shape index (κ1) is 27.8. The summed E-state index contributed by atoms with van der Waals surface area (Å²) in [7, 11) is 0. The lowest BCUT2D eigenvalue weighted by atomic mass is 9.85. The highest BCUT2D eigenvalue weighted by Gasteiger charge is 2.45. The van der Waals surface area contributed by atoms with Gasteiger partial charge in [0.25, 0.3) is 0 Å². The van der Waals surface area contributed by atoms with E-state index in [1.165, 1.54) is 5.56 Å². The van der Waals surface area contributed by atoms with Crippen LogP contribution in [0.15, 0.2) is 78.2 Å². The van der Waals surface area contributed by atoms with Crippen molar-refractivity contribution >= 4 is 34.9 Å². The Balaban J connectivity index is 0.000000414. The van der Waals surface area contributed by atoms with Crippen molar-refractivity contribution in [2.45, 2.75) is 38.8 Å². The summed E-state index contributed by atoms with van der Waals surface area (Å²) in [6, 6.07) is 20.6. The van der Waals surface area contributed by atoms with E-state index in [2.05, 4.69) is 40.6 Å². The summed E-state index contributed by atoms with van der Waals surface area (Å²) in [6.07, 6.45) is 2.87. The number of amides is 1. The fourth-order valence-corrected chi connectivity index (χ4v) is 5.52. The molecule has 2 aromatic carbocycles. The van der Waals surface area contributed by atoms with Crippen LogP contribution in [0.5, 0.6) is 0 Å². The van der Waals surface area contributed by atoms with Gasteiger partial charge in [-0.3, -0.25) is 14.6 Å². The Morgan fingerprint density at radius 1 is 0.973 bits per heavy atom. The Hall–Kier alpha value is -3.82. The summed E-state index contributed by atoms with van der Waals surface area (Å²) >= 11 is 1.68. The molecule has 2 heterocycles. The molecule has 4 rings (SSSR count). The molecule has 8 nitrogen and oxygen atoms in total. The first-order valence-corrected chi connectivity index (χ1v) is 12.8. The van der Waals surface area contributed by atoms with Gasteiger partial charge in [-0.25, -0.2) is 14.6 Å². The van der Waals surface area contributed by atoms with Gasteiger partial charge in [-0.15, -0.1) is 11.3 Å². The lowest BCUT2D eigenvalue weighted by molar-refractivity contribution is -0.134. The molecule has 1 aliphatic heterocycles. The fourth-order valence-electron chi connectivity index (χ4n) is 4.47. The lowest BCUT2D eigenvalue weighted by Crippen LogP contribution is -2.55. The van der Waals surface area contributed by atoms with Gasteiger partial charge >= 0.3 is 11.9 Å². The molecular formula is C28H31N3O5S. The smallest absolute Gasteiger partial charge is 0.328 e. The van der Waals surface area contributed by atoms with E-state index < -0.39 is 11.9 Å². The summed E-state index contributed by atoms with van der Waals surface area (Å²) in [5.74, 6) is -2.44. The van der Waals surface area contributed by atoms with Crippen LogP contribution in [-0.4, -0.2) is 51.0 Å². The average molecular weight is 522 g/mol. The summed E-state index contributed by atoms with van der Waals surface area (Å²) < 4.78 is 0. The number of aliphatic carboxylic acids is 2. The molecule has 37 heavy (non-hydrogen) atoms. The average Bonchev–Trinajstić information content (AvgIpc) is 3.32. The number of carbonyl (C=O) groups excluding carboxylic acids is 1. The van der Waals surface area contributed by atoms with Crippen LogP contribution in [-0.2, 0) is 26.5 Å². The van der Waals surface area contributed by atoms with Crippen molar-refractivity contribution in [1.29, 1.82) is 0 Å². The molecule has 1 fully saturated rings. The number of carbonyl (C=O) groups is 3. The number of aromatic nitrogens is 1. The van der Waals surface area contributed by atoms with Gasteiger partial charge in [-0.2, -0.15) is 0 Å². The van der Waals surface area contributed by atoms with Crippen LogP contribution in [0.25, 0.3) is 0 Å². The Morgan fingerprint density at radius 2 is 1.51 bits per heavy atom. The van der Waals surface area contributed by atoms with Gasteiger partial charge in [0.05, 0.1) is 0 Å². The highest BCUT2D eigenvalue weighted by atomic mass is 32.1. The predicted octanol–water partition coefficient (Wildman–Crippen LogP) is 4.71. The number of piperidine rings is 1. The van der Waals surface area contributed by atoms with Gasteiger partial charge in [0.1, 0.15) is 10.5 Å². The van der Waals surface area contributed by atoms with E-state index in [0.29, 0.717) is 12.2 Å². The van der Waals surface area contributed by atoms with Crippen molar-refractivity contribution in [2.24, 2.45) is 0 Å². The van der Waals surface area contributed by atoms with Crippen LogP contribution in [0, 0.1) is 6.92 Å². The highest BCUT2D eigenvalue weighted by Crippen LogP contribution is 2.43. The van der Waals surface area contributed by atoms with Crippen LogP contribution < -0.4 is 4.90 Å². The van der Waals surface area contributed by atoms with Gasteiger partial charge < -0.3 is 10.2 Å². The van der Waals surface area contributed by atoms with Crippen molar-refractivity contribution < 1.29 is 24.6 Å². The number of nitrogens with zero attached hydrogens (tertiary/aromatic N) is 3. The van der Waals surface area contributed by atoms with E-state index >= 15 is 0 Å². The molecule has 0 saturated carbocycles. The number of hydrogen-bond acceptors (Lipinski definition) is 6. The molecule has 1 saturated heterocycles. The molecule has 194 valence electrons. The van der Waals surface area contributed by atoms with Crippen LogP contribution in [0.4, 0.5) is 5.69 Å². The number of hydrogen-bond donors (Lipinski definition) is 2. The van der Waals surface area contributed by atoms with Crippen LogP contribution >= 0.6 is 11.3 Å². The van der Waals surface area contributed by atoms with Crippen molar-refractivity contribution in [3.05, 3.63) is 94.5 Å². The monoisotopic (exact) mass is 521 g/mol. The van der Waals surface area contributed by atoms with E-state index in [4.69, 9.17) is 15.2 Å². The molecule has 0 spiro atoms. The second-order valence-corrected chi connectivity index (χ2v) is 9.65. The van der Waals surface area contributed by atoms with Crippen LogP contribution in [0.1, 0.15) is 36.0 Å². The quantitative estimate of drug-likeness (QED) is 0.433. The second kappa shape index (κ2) is 12.9. The Bertz CT molecular complexity index is 1200. The third-order valence-corrected chi connectivity index (χ3v) is 7.23. The minimum absolute atomic E-state index is 0.0700. The maximum Gasteiger partial charge on any atom is 0.328 e. The molecule has 2 N–H and O–H groups in total. The molecular weight excluding hydrogens is 490 g/mol. The topological polar surface area (TPSA) is 111 Å². The largest absolute Gasteiger partial charge is 0.478 e. The number of rotatable bonds is 7. The number of likely N-dealkylation sites (tertiary alicyclic amines) is 1. The summed E-state index contributed by atoms with van der Waals surface area (Å²) in [4.78, 5) is 41.3. The number of benzene rings is 2. The summed E-state index contributed by atoms with van der Waals surface area (Å²) in [6.45, 7) is 6.51. The van der Waals surface area contributed by atoms with Crippen LogP contribution in [0.3, 0.4) is 0 Å². The van der Waals surface area contributed by atoms with E-state index in [-0.39, 0.29) is 11.4 Å². The van der Waals surface area contributed by atoms with Gasteiger partial charge in [-0.1, -0.05) is 48.5 Å². The fraction of sp³-hybridized carbons (Fsp3) is 0.286. The Kier molecular flexibility index (Phi) is 9.71. The van der Waals surface area contributed by atoms with E-state index in [1.807, 2.05) is 42.2 Å². The first-order chi connectivity index (χ1) is 17.7. The van der Waals surface area contributed by atoms with Crippen molar-refractivity contribution in [3.8, 4) is 0 Å². The zero-order chi connectivity index (χ0) is 26.8. The lowest BCUT2D eigenvalue weighted by Gasteiger charge is -2.47. The zero-order valence-electron chi connectivity index (χ0n) is 20.9. The minimum atomic E-state index is -1.26. The van der Waals surface area contributed by atoms with E-state index in [0.717, 1.165) is 48.9 Å². The molecule has 3 aromatic rings. The predicted molar refractivity (Wildman–Crippen MR) is 143 cm³/mol. The van der Waals surface area contributed by atoms with Gasteiger partial charge in [-0.05, 0) is 37.5 Å². The molecule has 1 aliphatic rings. The van der Waals surface area contributed by atoms with E-state index in [1.54, 1.807) is 18.3 Å². The van der Waals surface area contributed by atoms with Crippen molar-refractivity contribution in [1.82, 2.24) is 9.88 Å². The first-order valence-electron chi connectivity index (χ1n) is 11.9. The van der Waals surface area contributed by atoms with Crippen LogP contribution in [0.2, 0.25) is 0 Å². The molecule has 0 atom stereocenters.